The van der Waals surface area contributed by atoms with Crippen molar-refractivity contribution >= 4 is 17.9 Å². The van der Waals surface area contributed by atoms with Gasteiger partial charge in [0.1, 0.15) is 11.3 Å². The highest BCUT2D eigenvalue weighted by atomic mass is 16.5. The molecule has 0 aliphatic heterocycles. The molecule has 4 unspecified atom stereocenters. The first-order chi connectivity index (χ1) is 16.0. The molecule has 2 bridgehead atoms. The number of carbonyl (C=O) groups is 3. The average molecular weight is 457 g/mol. The Balaban J connectivity index is 1.25. The van der Waals surface area contributed by atoms with Crippen LogP contribution in [0.2, 0.25) is 0 Å². The van der Waals surface area contributed by atoms with E-state index in [1.165, 1.54) is 13.3 Å². The number of carbonyl (C=O) groups excluding carboxylic acids is 3. The van der Waals surface area contributed by atoms with Gasteiger partial charge >= 0.3 is 17.9 Å². The summed E-state index contributed by atoms with van der Waals surface area (Å²) in [5, 5.41) is 0. The molecular formula is C27H36O6. The summed E-state index contributed by atoms with van der Waals surface area (Å²) in [5.41, 5.74) is 0.287. The third-order valence-electron chi connectivity index (χ3n) is 7.96. The number of unbranched alkanes of at least 4 members (excludes halogenated alkanes) is 2. The lowest BCUT2D eigenvalue weighted by atomic mass is 9.76. The van der Waals surface area contributed by atoms with Crippen LogP contribution in [-0.4, -0.2) is 31.1 Å². The Labute approximate surface area is 196 Å². The van der Waals surface area contributed by atoms with E-state index in [-0.39, 0.29) is 17.3 Å². The highest BCUT2D eigenvalue weighted by Crippen LogP contribution is 2.62. The van der Waals surface area contributed by atoms with Crippen LogP contribution in [0.4, 0.5) is 0 Å². The predicted molar refractivity (Wildman–Crippen MR) is 123 cm³/mol. The molecule has 33 heavy (non-hydrogen) atoms. The highest BCUT2D eigenvalue weighted by Gasteiger charge is 2.56. The molecule has 0 aromatic heterocycles. The van der Waals surface area contributed by atoms with Crippen LogP contribution >= 0.6 is 0 Å². The number of hydrogen-bond donors (Lipinski definition) is 0. The fraction of sp³-hybridized carbons (Fsp3) is 0.667. The second-order valence-electron chi connectivity index (χ2n) is 10.1. The van der Waals surface area contributed by atoms with E-state index in [4.69, 9.17) is 14.2 Å². The molecule has 3 aliphatic carbocycles. The van der Waals surface area contributed by atoms with Gasteiger partial charge in [-0.1, -0.05) is 31.9 Å². The molecule has 3 aliphatic rings. The van der Waals surface area contributed by atoms with Crippen molar-refractivity contribution in [2.45, 2.75) is 65.2 Å². The van der Waals surface area contributed by atoms with Crippen molar-refractivity contribution in [3.63, 3.8) is 0 Å². The summed E-state index contributed by atoms with van der Waals surface area (Å²) in [4.78, 5) is 36.0. The second kappa shape index (κ2) is 10.7. The number of esters is 3. The van der Waals surface area contributed by atoms with E-state index in [0.29, 0.717) is 49.2 Å². The summed E-state index contributed by atoms with van der Waals surface area (Å²) in [6.45, 7) is 4.42. The van der Waals surface area contributed by atoms with Crippen LogP contribution in [0.25, 0.3) is 0 Å². The lowest BCUT2D eigenvalue weighted by Gasteiger charge is -2.31. The van der Waals surface area contributed by atoms with Crippen LogP contribution in [0.1, 0.15) is 75.6 Å². The highest BCUT2D eigenvalue weighted by molar-refractivity contribution is 5.93. The van der Waals surface area contributed by atoms with Crippen molar-refractivity contribution in [1.29, 1.82) is 0 Å². The molecule has 0 heterocycles. The largest absolute Gasteiger partial charge is 0.465 e. The maximum absolute atomic E-state index is 12.7. The van der Waals surface area contributed by atoms with Crippen LogP contribution < -0.4 is 4.74 Å². The Kier molecular flexibility index (Phi) is 7.71. The molecule has 180 valence electrons. The minimum atomic E-state index is -0.461. The fourth-order valence-corrected chi connectivity index (χ4v) is 6.60. The molecule has 1 aromatic rings. The molecule has 6 nitrogen and oxygen atoms in total. The lowest BCUT2D eigenvalue weighted by molar-refractivity contribution is -0.145. The zero-order valence-corrected chi connectivity index (χ0v) is 19.8. The van der Waals surface area contributed by atoms with Gasteiger partial charge in [0.2, 0.25) is 0 Å². The van der Waals surface area contributed by atoms with E-state index in [1.54, 1.807) is 24.3 Å². The SMILES string of the molecule is CCCCCC(=O)OCC1C[C@@H]2C3CC(CC3COC(=O)c3ccccc3OC(C)=O)[C@@H]2C1. The maximum Gasteiger partial charge on any atom is 0.341 e. The number of ether oxygens (including phenoxy) is 3. The second-order valence-corrected chi connectivity index (χ2v) is 10.1. The first kappa shape index (κ1) is 23.8. The molecule has 0 radical (unpaired) electrons. The van der Waals surface area contributed by atoms with Crippen molar-refractivity contribution in [3.8, 4) is 5.75 Å². The zero-order chi connectivity index (χ0) is 23.4. The average Bonchev–Trinajstić information content (AvgIpc) is 3.48. The Morgan fingerprint density at radius 2 is 1.70 bits per heavy atom. The molecule has 0 saturated heterocycles. The van der Waals surface area contributed by atoms with Gasteiger partial charge in [-0.25, -0.2) is 4.79 Å². The van der Waals surface area contributed by atoms with Crippen LogP contribution in [0, 0.1) is 35.5 Å². The summed E-state index contributed by atoms with van der Waals surface area (Å²) in [5.74, 6) is 2.81. The van der Waals surface area contributed by atoms with E-state index in [0.717, 1.165) is 44.4 Å². The van der Waals surface area contributed by atoms with Gasteiger partial charge in [-0.3, -0.25) is 9.59 Å². The molecule has 0 amide bonds. The van der Waals surface area contributed by atoms with Gasteiger partial charge in [0.05, 0.1) is 13.2 Å². The molecule has 1 aromatic carbocycles. The smallest absolute Gasteiger partial charge is 0.341 e. The van der Waals surface area contributed by atoms with E-state index in [1.807, 2.05) is 0 Å². The van der Waals surface area contributed by atoms with Crippen molar-refractivity contribution < 1.29 is 28.6 Å². The Hall–Kier alpha value is -2.37. The monoisotopic (exact) mass is 456 g/mol. The number of fused-ring (bicyclic) bond motifs is 5. The minimum absolute atomic E-state index is 0.0534. The topological polar surface area (TPSA) is 78.9 Å². The quantitative estimate of drug-likeness (QED) is 0.274. The fourth-order valence-electron chi connectivity index (χ4n) is 6.60. The van der Waals surface area contributed by atoms with Crippen LogP contribution in [0.15, 0.2) is 24.3 Å². The molecule has 4 rings (SSSR count). The predicted octanol–water partition coefficient (Wildman–Crippen LogP) is 5.19. The first-order valence-electron chi connectivity index (χ1n) is 12.6. The van der Waals surface area contributed by atoms with E-state index in [9.17, 15) is 14.4 Å². The Morgan fingerprint density at radius 1 is 0.909 bits per heavy atom. The van der Waals surface area contributed by atoms with Gasteiger partial charge in [-0.15, -0.1) is 0 Å². The maximum atomic E-state index is 12.7. The van der Waals surface area contributed by atoms with Crippen molar-refractivity contribution in [1.82, 2.24) is 0 Å². The van der Waals surface area contributed by atoms with Gasteiger partial charge in [0.15, 0.2) is 0 Å². The Morgan fingerprint density at radius 3 is 2.48 bits per heavy atom. The van der Waals surface area contributed by atoms with Crippen LogP contribution in [0.5, 0.6) is 5.75 Å². The van der Waals surface area contributed by atoms with Gasteiger partial charge < -0.3 is 14.2 Å². The molecule has 3 fully saturated rings. The van der Waals surface area contributed by atoms with Gasteiger partial charge in [0, 0.05) is 13.3 Å². The molecule has 6 atom stereocenters. The third-order valence-corrected chi connectivity index (χ3v) is 7.96. The first-order valence-corrected chi connectivity index (χ1v) is 12.6. The van der Waals surface area contributed by atoms with Crippen LogP contribution in [0.3, 0.4) is 0 Å². The summed E-state index contributed by atoms with van der Waals surface area (Å²) < 4.78 is 16.4. The number of benzene rings is 1. The number of hydrogen-bond acceptors (Lipinski definition) is 6. The van der Waals surface area contributed by atoms with E-state index >= 15 is 0 Å². The number of para-hydroxylation sites is 1. The van der Waals surface area contributed by atoms with E-state index in [2.05, 4.69) is 6.92 Å². The summed E-state index contributed by atoms with van der Waals surface area (Å²) in [7, 11) is 0. The molecule has 3 saturated carbocycles. The van der Waals surface area contributed by atoms with Crippen molar-refractivity contribution in [2.75, 3.05) is 13.2 Å². The van der Waals surface area contributed by atoms with Gasteiger partial charge in [-0.2, -0.15) is 0 Å². The zero-order valence-electron chi connectivity index (χ0n) is 19.8. The molecule has 0 spiro atoms. The van der Waals surface area contributed by atoms with Gasteiger partial charge in [-0.05, 0) is 79.7 Å². The summed E-state index contributed by atoms with van der Waals surface area (Å²) >= 11 is 0. The standard InChI is InChI=1S/C27H36O6/c1-3-4-5-10-26(29)31-15-18-11-22-19-13-20(23(14-19)24(22)12-18)16-32-27(30)21-8-6-7-9-25(21)33-17(2)28/h6-9,18-20,22-24H,3-5,10-16H2,1-2H3/t18?,19?,20?,22-,23?,24-/m0/s1. The molecule has 6 heteroatoms. The van der Waals surface area contributed by atoms with Crippen molar-refractivity contribution in [2.24, 2.45) is 35.5 Å². The summed E-state index contributed by atoms with van der Waals surface area (Å²) in [6.07, 6.45) is 8.25. The van der Waals surface area contributed by atoms with E-state index < -0.39 is 11.9 Å². The molecule has 0 N–H and O–H groups in total. The number of rotatable bonds is 10. The Bertz CT molecular complexity index is 864. The normalized spacial score (nSPS) is 29.5. The summed E-state index contributed by atoms with van der Waals surface area (Å²) in [6, 6.07) is 6.70. The van der Waals surface area contributed by atoms with Gasteiger partial charge in [0.25, 0.3) is 0 Å². The minimum Gasteiger partial charge on any atom is -0.465 e. The molecular weight excluding hydrogens is 420 g/mol. The van der Waals surface area contributed by atoms with Crippen molar-refractivity contribution in [3.05, 3.63) is 29.8 Å². The lowest BCUT2D eigenvalue weighted by Crippen LogP contribution is -2.28. The van der Waals surface area contributed by atoms with Crippen LogP contribution in [-0.2, 0) is 19.1 Å². The third kappa shape index (κ3) is 5.59.